The van der Waals surface area contributed by atoms with Gasteiger partial charge in [0.2, 0.25) is 0 Å². The van der Waals surface area contributed by atoms with Gasteiger partial charge in [0.05, 0.1) is 18.1 Å². The summed E-state index contributed by atoms with van der Waals surface area (Å²) in [6, 6.07) is 8.70. The summed E-state index contributed by atoms with van der Waals surface area (Å²) in [5.74, 6) is 0.552. The van der Waals surface area contributed by atoms with E-state index in [-0.39, 0.29) is 6.29 Å². The van der Waals surface area contributed by atoms with E-state index in [1.54, 1.807) is 11.3 Å². The molecule has 3 rings (SSSR count). The molecule has 0 atom stereocenters. The molecule has 3 heterocycles. The van der Waals surface area contributed by atoms with Gasteiger partial charge in [-0.25, -0.2) is 0 Å². The Morgan fingerprint density at radius 2 is 1.60 bits per heavy atom. The van der Waals surface area contributed by atoms with Gasteiger partial charge in [-0.2, -0.15) is 0 Å². The van der Waals surface area contributed by atoms with Gasteiger partial charge in [0.15, 0.2) is 6.29 Å². The van der Waals surface area contributed by atoms with Crippen molar-refractivity contribution in [1.29, 1.82) is 0 Å². The number of pyridine rings is 1. The first-order valence-electron chi connectivity index (χ1n) is 12.1. The summed E-state index contributed by atoms with van der Waals surface area (Å²) in [4.78, 5) is 7.07. The Labute approximate surface area is 187 Å². The highest BCUT2D eigenvalue weighted by Gasteiger charge is 2.24. The lowest BCUT2D eigenvalue weighted by Crippen LogP contribution is -2.26. The molecule has 0 aromatic carbocycles. The molecular formula is C26H39NO2S. The van der Waals surface area contributed by atoms with E-state index in [0.29, 0.717) is 5.92 Å². The monoisotopic (exact) mass is 429 g/mol. The Balaban J connectivity index is 1.43. The minimum Gasteiger partial charge on any atom is -0.347 e. The second kappa shape index (κ2) is 13.2. The first-order valence-corrected chi connectivity index (χ1v) is 12.9. The second-order valence-electron chi connectivity index (χ2n) is 8.62. The molecule has 0 bridgehead atoms. The smallest absolute Gasteiger partial charge is 0.193 e. The van der Waals surface area contributed by atoms with E-state index in [0.717, 1.165) is 24.5 Å². The molecule has 0 saturated carbocycles. The van der Waals surface area contributed by atoms with Crippen LogP contribution in [0.15, 0.2) is 30.5 Å². The van der Waals surface area contributed by atoms with Gasteiger partial charge in [0.25, 0.3) is 0 Å². The van der Waals surface area contributed by atoms with Gasteiger partial charge in [-0.3, -0.25) is 4.98 Å². The van der Waals surface area contributed by atoms with Crippen molar-refractivity contribution >= 4 is 11.3 Å². The molecule has 1 saturated heterocycles. The van der Waals surface area contributed by atoms with Crippen molar-refractivity contribution in [2.45, 2.75) is 90.8 Å². The van der Waals surface area contributed by atoms with Crippen LogP contribution in [0.3, 0.4) is 0 Å². The van der Waals surface area contributed by atoms with Crippen LogP contribution in [0.2, 0.25) is 0 Å². The van der Waals surface area contributed by atoms with E-state index < -0.39 is 0 Å². The van der Waals surface area contributed by atoms with Crippen LogP contribution in [0.25, 0.3) is 10.4 Å². The summed E-state index contributed by atoms with van der Waals surface area (Å²) in [6.45, 7) is 6.15. The van der Waals surface area contributed by atoms with Gasteiger partial charge in [-0.15, -0.1) is 11.3 Å². The van der Waals surface area contributed by atoms with Crippen molar-refractivity contribution in [3.63, 3.8) is 0 Å². The highest BCUT2D eigenvalue weighted by Crippen LogP contribution is 2.35. The van der Waals surface area contributed by atoms with E-state index in [1.165, 1.54) is 80.3 Å². The van der Waals surface area contributed by atoms with Crippen molar-refractivity contribution in [2.24, 2.45) is 5.92 Å². The average Bonchev–Trinajstić information content (AvgIpc) is 3.28. The molecule has 1 fully saturated rings. The van der Waals surface area contributed by atoms with Crippen molar-refractivity contribution in [3.8, 4) is 10.4 Å². The van der Waals surface area contributed by atoms with Gasteiger partial charge in [0, 0.05) is 28.2 Å². The summed E-state index contributed by atoms with van der Waals surface area (Å²) >= 11 is 1.76. The maximum Gasteiger partial charge on any atom is 0.193 e. The lowest BCUT2D eigenvalue weighted by atomic mass is 10.0. The highest BCUT2D eigenvalue weighted by molar-refractivity contribution is 7.15. The molecule has 30 heavy (non-hydrogen) atoms. The van der Waals surface area contributed by atoms with Crippen molar-refractivity contribution in [1.82, 2.24) is 4.98 Å². The molecule has 4 heteroatoms. The van der Waals surface area contributed by atoms with Crippen LogP contribution < -0.4 is 0 Å². The number of nitrogens with zero attached hydrogens (tertiary/aromatic N) is 1. The summed E-state index contributed by atoms with van der Waals surface area (Å²) in [6.07, 6.45) is 15.9. The standard InChI is InChI=1S/C26H39NO2S/c1-3-5-7-9-10-12-21-19-28-26(29-20-21)25-17-16-24(30-25)22-14-15-23(27-18-22)13-11-8-6-4-2/h14-18,21,26H,3-13,19-20H2,1-2H3. The molecule has 0 aliphatic carbocycles. The first kappa shape index (κ1) is 23.4. The van der Waals surface area contributed by atoms with Gasteiger partial charge < -0.3 is 9.47 Å². The Morgan fingerprint density at radius 1 is 0.867 bits per heavy atom. The van der Waals surface area contributed by atoms with Crippen LogP contribution in [0, 0.1) is 5.92 Å². The molecule has 0 spiro atoms. The zero-order chi connectivity index (χ0) is 21.0. The van der Waals surface area contributed by atoms with E-state index in [1.807, 2.05) is 6.20 Å². The van der Waals surface area contributed by atoms with Crippen LogP contribution in [0.5, 0.6) is 0 Å². The lowest BCUT2D eigenvalue weighted by Gasteiger charge is -2.28. The number of rotatable bonds is 13. The van der Waals surface area contributed by atoms with Crippen LogP contribution >= 0.6 is 11.3 Å². The third kappa shape index (κ3) is 7.47. The molecule has 0 amide bonds. The summed E-state index contributed by atoms with van der Waals surface area (Å²) in [5, 5.41) is 0. The molecule has 0 radical (unpaired) electrons. The fourth-order valence-electron chi connectivity index (χ4n) is 4.00. The molecule has 3 nitrogen and oxygen atoms in total. The topological polar surface area (TPSA) is 31.4 Å². The fraction of sp³-hybridized carbons (Fsp3) is 0.654. The molecular weight excluding hydrogens is 390 g/mol. The molecule has 1 aliphatic heterocycles. The summed E-state index contributed by atoms with van der Waals surface area (Å²) in [7, 11) is 0. The van der Waals surface area contributed by atoms with Crippen molar-refractivity contribution in [3.05, 3.63) is 41.0 Å². The molecule has 0 unspecified atom stereocenters. The minimum atomic E-state index is -0.203. The van der Waals surface area contributed by atoms with Gasteiger partial charge in [0.1, 0.15) is 0 Å². The highest BCUT2D eigenvalue weighted by atomic mass is 32.1. The number of unbranched alkanes of at least 4 members (excludes halogenated alkanes) is 7. The number of ether oxygens (including phenoxy) is 2. The normalized spacial score (nSPS) is 19.3. The Morgan fingerprint density at radius 3 is 2.30 bits per heavy atom. The molecule has 0 N–H and O–H groups in total. The molecule has 166 valence electrons. The van der Waals surface area contributed by atoms with E-state index in [9.17, 15) is 0 Å². The number of hydrogen-bond acceptors (Lipinski definition) is 4. The maximum atomic E-state index is 6.06. The number of hydrogen-bond donors (Lipinski definition) is 0. The third-order valence-corrected chi connectivity index (χ3v) is 7.09. The number of thiophene rings is 1. The first-order chi connectivity index (χ1) is 14.8. The molecule has 1 aliphatic rings. The molecule has 2 aromatic heterocycles. The Hall–Kier alpha value is -1.23. The van der Waals surface area contributed by atoms with Crippen LogP contribution in [-0.4, -0.2) is 18.2 Å². The zero-order valence-corrected chi connectivity index (χ0v) is 19.7. The maximum absolute atomic E-state index is 6.06. The number of aryl methyl sites for hydroxylation is 1. The second-order valence-corrected chi connectivity index (χ2v) is 9.73. The van der Waals surface area contributed by atoms with Crippen LogP contribution in [0.4, 0.5) is 0 Å². The zero-order valence-electron chi connectivity index (χ0n) is 18.9. The average molecular weight is 430 g/mol. The third-order valence-electron chi connectivity index (χ3n) is 5.94. The van der Waals surface area contributed by atoms with E-state index in [4.69, 9.17) is 9.47 Å². The van der Waals surface area contributed by atoms with Gasteiger partial charge in [-0.1, -0.05) is 71.3 Å². The quantitative estimate of drug-likeness (QED) is 0.303. The van der Waals surface area contributed by atoms with Gasteiger partial charge >= 0.3 is 0 Å². The lowest BCUT2D eigenvalue weighted by molar-refractivity contribution is -0.204. The molecule has 2 aromatic rings. The predicted molar refractivity (Wildman–Crippen MR) is 127 cm³/mol. The van der Waals surface area contributed by atoms with E-state index >= 15 is 0 Å². The Bertz CT molecular complexity index is 704. The SMILES string of the molecule is CCCCCCCC1COC(c2ccc(-c3ccc(CCCCCC)nc3)s2)OC1. The Kier molecular flexibility index (Phi) is 10.3. The number of aromatic nitrogens is 1. The van der Waals surface area contributed by atoms with Crippen molar-refractivity contribution < 1.29 is 9.47 Å². The van der Waals surface area contributed by atoms with Crippen molar-refractivity contribution in [2.75, 3.05) is 13.2 Å². The van der Waals surface area contributed by atoms with Crippen LogP contribution in [-0.2, 0) is 15.9 Å². The van der Waals surface area contributed by atoms with Gasteiger partial charge in [-0.05, 0) is 37.5 Å². The summed E-state index contributed by atoms with van der Waals surface area (Å²) in [5.41, 5.74) is 2.38. The summed E-state index contributed by atoms with van der Waals surface area (Å²) < 4.78 is 12.1. The van der Waals surface area contributed by atoms with E-state index in [2.05, 4.69) is 43.1 Å². The largest absolute Gasteiger partial charge is 0.347 e. The fourth-order valence-corrected chi connectivity index (χ4v) is 4.99. The predicted octanol–water partition coefficient (Wildman–Crippen LogP) is 7.96. The van der Waals surface area contributed by atoms with Crippen LogP contribution in [0.1, 0.15) is 94.9 Å². The minimum absolute atomic E-state index is 0.203.